The van der Waals surface area contributed by atoms with Gasteiger partial charge in [-0.1, -0.05) is 49.8 Å². The first kappa shape index (κ1) is 28.9. The maximum absolute atomic E-state index is 14.9. The fourth-order valence-corrected chi connectivity index (χ4v) is 5.04. The SMILES string of the molecule is CCCC(O)c1ccc(C2=CCC(OC(=O)c3ccc(-c4ccc(C5CO5)c(F)c4F)c(F)c3F)CC2)c(F)c1F. The average molecular weight is 577 g/mol. The van der Waals surface area contributed by atoms with Gasteiger partial charge in [0, 0.05) is 34.2 Å². The number of hydrogen-bond donors (Lipinski definition) is 1. The molecule has 3 unspecified atom stereocenters. The normalized spacial score (nSPS) is 19.1. The number of aliphatic hydroxyl groups is 1. The van der Waals surface area contributed by atoms with Gasteiger partial charge in [0.1, 0.15) is 12.2 Å². The highest BCUT2D eigenvalue weighted by atomic mass is 19.2. The third kappa shape index (κ3) is 5.63. The number of benzene rings is 3. The van der Waals surface area contributed by atoms with E-state index in [1.165, 1.54) is 18.2 Å². The van der Waals surface area contributed by atoms with Crippen LogP contribution >= 0.6 is 0 Å². The van der Waals surface area contributed by atoms with Crippen molar-refractivity contribution in [3.8, 4) is 11.1 Å². The van der Waals surface area contributed by atoms with Crippen LogP contribution in [0.5, 0.6) is 0 Å². The number of aliphatic hydroxyl groups excluding tert-OH is 1. The Bertz CT molecular complexity index is 1530. The van der Waals surface area contributed by atoms with Crippen LogP contribution in [0.3, 0.4) is 0 Å². The minimum Gasteiger partial charge on any atom is -0.458 e. The number of rotatable bonds is 8. The summed E-state index contributed by atoms with van der Waals surface area (Å²) in [7, 11) is 0. The number of halogens is 6. The van der Waals surface area contributed by atoms with E-state index < -0.39 is 75.9 Å². The van der Waals surface area contributed by atoms with Crippen molar-refractivity contribution in [1.29, 1.82) is 0 Å². The van der Waals surface area contributed by atoms with Crippen molar-refractivity contribution in [3.05, 3.63) is 99.6 Å². The van der Waals surface area contributed by atoms with Crippen LogP contribution in [-0.2, 0) is 9.47 Å². The third-order valence-corrected chi connectivity index (χ3v) is 7.40. The topological polar surface area (TPSA) is 59.1 Å². The number of ether oxygens (including phenoxy) is 2. The van der Waals surface area contributed by atoms with Gasteiger partial charge < -0.3 is 14.6 Å². The zero-order chi connectivity index (χ0) is 29.4. The van der Waals surface area contributed by atoms with E-state index in [1.807, 2.05) is 6.92 Å². The van der Waals surface area contributed by atoms with Crippen LogP contribution in [0.25, 0.3) is 16.7 Å². The second-order valence-electron chi connectivity index (χ2n) is 10.1. The predicted octanol–water partition coefficient (Wildman–Crippen LogP) is 7.89. The zero-order valence-electron chi connectivity index (χ0n) is 22.0. The fourth-order valence-electron chi connectivity index (χ4n) is 5.04. The lowest BCUT2D eigenvalue weighted by Gasteiger charge is -2.23. The molecular weight excluding hydrogens is 550 g/mol. The van der Waals surface area contributed by atoms with E-state index in [0.717, 1.165) is 18.2 Å². The summed E-state index contributed by atoms with van der Waals surface area (Å²) in [4.78, 5) is 12.7. The Morgan fingerprint density at radius 1 is 0.902 bits per heavy atom. The lowest BCUT2D eigenvalue weighted by atomic mass is 9.90. The van der Waals surface area contributed by atoms with E-state index >= 15 is 0 Å². The summed E-state index contributed by atoms with van der Waals surface area (Å²) < 4.78 is 98.5. The van der Waals surface area contributed by atoms with Crippen LogP contribution in [-0.4, -0.2) is 23.8 Å². The second kappa shape index (κ2) is 11.7. The maximum atomic E-state index is 14.9. The molecule has 3 atom stereocenters. The second-order valence-corrected chi connectivity index (χ2v) is 10.1. The summed E-state index contributed by atoms with van der Waals surface area (Å²) in [6, 6.07) is 7.00. The Morgan fingerprint density at radius 2 is 1.54 bits per heavy atom. The molecule has 1 heterocycles. The third-order valence-electron chi connectivity index (χ3n) is 7.40. The molecule has 10 heteroatoms. The molecule has 5 rings (SSSR count). The maximum Gasteiger partial charge on any atom is 0.341 e. The van der Waals surface area contributed by atoms with Crippen LogP contribution in [0.4, 0.5) is 26.3 Å². The van der Waals surface area contributed by atoms with Gasteiger partial charge in [-0.3, -0.25) is 0 Å². The molecule has 3 aromatic rings. The molecule has 216 valence electrons. The first-order valence-electron chi connectivity index (χ1n) is 13.3. The highest BCUT2D eigenvalue weighted by molar-refractivity contribution is 5.90. The number of epoxide rings is 1. The van der Waals surface area contributed by atoms with Crippen LogP contribution < -0.4 is 0 Å². The van der Waals surface area contributed by atoms with Crippen molar-refractivity contribution < 1.29 is 45.7 Å². The van der Waals surface area contributed by atoms with Crippen molar-refractivity contribution in [3.63, 3.8) is 0 Å². The Hall–Kier alpha value is -3.63. The molecule has 1 aliphatic carbocycles. The van der Waals surface area contributed by atoms with Gasteiger partial charge in [-0.15, -0.1) is 0 Å². The number of carbonyl (C=O) groups excluding carboxylic acids is 1. The van der Waals surface area contributed by atoms with Gasteiger partial charge in [0.15, 0.2) is 34.9 Å². The van der Waals surface area contributed by atoms with Gasteiger partial charge in [-0.05, 0) is 30.9 Å². The molecule has 1 fully saturated rings. The van der Waals surface area contributed by atoms with E-state index in [0.29, 0.717) is 12.0 Å². The number of hydrogen-bond acceptors (Lipinski definition) is 4. The van der Waals surface area contributed by atoms with Gasteiger partial charge in [0.2, 0.25) is 0 Å². The van der Waals surface area contributed by atoms with Crippen LogP contribution in [0, 0.1) is 34.9 Å². The molecule has 2 aliphatic rings. The standard InChI is InChI=1S/C31H26F6O4/c1-2-3-23(38)20-11-8-17(25(32)28(20)35)15-4-6-16(7-5-15)41-31(39)22-13-10-19(27(34)30(22)37)18-9-12-21(24-14-40-24)29(36)26(18)33/h4,8-13,16,23-24,38H,2-3,5-7,14H2,1H3. The molecule has 0 saturated carbocycles. The number of allylic oxidation sites excluding steroid dienone is 1. The van der Waals surface area contributed by atoms with Gasteiger partial charge in [0.25, 0.3) is 0 Å². The molecular formula is C31H26F6O4. The molecule has 0 amide bonds. The minimum atomic E-state index is -1.57. The molecule has 0 spiro atoms. The van der Waals surface area contributed by atoms with E-state index in [9.17, 15) is 36.2 Å². The van der Waals surface area contributed by atoms with Gasteiger partial charge in [-0.2, -0.15) is 0 Å². The Balaban J connectivity index is 1.29. The van der Waals surface area contributed by atoms with E-state index in [-0.39, 0.29) is 49.0 Å². The summed E-state index contributed by atoms with van der Waals surface area (Å²) in [6.45, 7) is 2.05. The van der Waals surface area contributed by atoms with Gasteiger partial charge in [0.05, 0.1) is 18.3 Å². The van der Waals surface area contributed by atoms with Crippen LogP contribution in [0.1, 0.15) is 78.3 Å². The summed E-state index contributed by atoms with van der Waals surface area (Å²) in [5, 5.41) is 10.0. The van der Waals surface area contributed by atoms with Crippen molar-refractivity contribution >= 4 is 11.5 Å². The fraction of sp³-hybridized carbons (Fsp3) is 0.323. The molecule has 3 aromatic carbocycles. The molecule has 41 heavy (non-hydrogen) atoms. The molecule has 4 nitrogen and oxygen atoms in total. The molecule has 0 bridgehead atoms. The van der Waals surface area contributed by atoms with E-state index in [1.54, 1.807) is 6.08 Å². The van der Waals surface area contributed by atoms with Crippen LogP contribution in [0.15, 0.2) is 42.5 Å². The first-order valence-corrected chi connectivity index (χ1v) is 13.3. The number of esters is 1. The predicted molar refractivity (Wildman–Crippen MR) is 138 cm³/mol. The largest absolute Gasteiger partial charge is 0.458 e. The smallest absolute Gasteiger partial charge is 0.341 e. The average Bonchev–Trinajstić information content (AvgIpc) is 3.79. The van der Waals surface area contributed by atoms with E-state index in [2.05, 4.69) is 0 Å². The number of carbonyl (C=O) groups is 1. The Labute approximate surface area is 232 Å². The highest BCUT2D eigenvalue weighted by Gasteiger charge is 2.32. The summed E-state index contributed by atoms with van der Waals surface area (Å²) in [6.07, 6.45) is 0.576. The monoisotopic (exact) mass is 576 g/mol. The molecule has 1 N–H and O–H groups in total. The molecule has 0 radical (unpaired) electrons. The van der Waals surface area contributed by atoms with E-state index in [4.69, 9.17) is 9.47 Å². The minimum absolute atomic E-state index is 0.0207. The zero-order valence-corrected chi connectivity index (χ0v) is 22.0. The molecule has 0 aromatic heterocycles. The summed E-state index contributed by atoms with van der Waals surface area (Å²) in [5.74, 6) is -9.04. The van der Waals surface area contributed by atoms with Crippen molar-refractivity contribution in [1.82, 2.24) is 0 Å². The lowest BCUT2D eigenvalue weighted by Crippen LogP contribution is -2.21. The quantitative estimate of drug-likeness (QED) is 0.168. The molecule has 1 saturated heterocycles. The Morgan fingerprint density at radius 3 is 2.17 bits per heavy atom. The highest BCUT2D eigenvalue weighted by Crippen LogP contribution is 2.38. The Kier molecular flexibility index (Phi) is 8.24. The van der Waals surface area contributed by atoms with Gasteiger partial charge in [-0.25, -0.2) is 31.1 Å². The first-order chi connectivity index (χ1) is 19.6. The lowest BCUT2D eigenvalue weighted by molar-refractivity contribution is 0.0279. The summed E-state index contributed by atoms with van der Waals surface area (Å²) in [5.41, 5.74) is -1.41. The van der Waals surface area contributed by atoms with Crippen molar-refractivity contribution in [2.45, 2.75) is 57.3 Å². The van der Waals surface area contributed by atoms with Crippen molar-refractivity contribution in [2.24, 2.45) is 0 Å². The molecule has 1 aliphatic heterocycles. The van der Waals surface area contributed by atoms with Gasteiger partial charge >= 0.3 is 5.97 Å². The van der Waals surface area contributed by atoms with Crippen LogP contribution in [0.2, 0.25) is 0 Å². The summed E-state index contributed by atoms with van der Waals surface area (Å²) >= 11 is 0. The van der Waals surface area contributed by atoms with Crippen molar-refractivity contribution in [2.75, 3.05) is 6.61 Å².